The molecule has 17 heteroatoms. The zero-order valence-corrected chi connectivity index (χ0v) is 37.0. The minimum absolute atomic E-state index is 1.02. The molecule has 0 unspecified atom stereocenters. The largest absolute Gasteiger partial charge is 0.457 e. The lowest BCUT2D eigenvalue weighted by molar-refractivity contribution is 0.675. The van der Waals surface area contributed by atoms with Crippen LogP contribution in [0.2, 0.25) is 0 Å². The molecule has 254 valence electrons. The van der Waals surface area contributed by atoms with Gasteiger partial charge < -0.3 is 4.42 Å². The molecule has 0 aliphatic heterocycles. The average molecular weight is 710 g/mol. The molecule has 0 fully saturated rings. The molecule has 0 saturated carbocycles. The van der Waals surface area contributed by atoms with Crippen LogP contribution >= 0.6 is 0 Å². The second-order valence-electron chi connectivity index (χ2n) is 17.6. The van der Waals surface area contributed by atoms with Gasteiger partial charge in [-0.05, 0) is 70.8 Å². The first-order valence-corrected chi connectivity index (χ1v) is 20.8. The van der Waals surface area contributed by atoms with E-state index in [9.17, 15) is 0 Å². The van der Waals surface area contributed by atoms with Crippen LogP contribution in [-0.4, -0.2) is 126 Å². The lowest BCUT2D eigenvalue weighted by Gasteiger charge is -2.28. The Hall–Kier alpha value is -4.36. The fraction of sp³-hybridized carbons (Fsp3) is 0. The van der Waals surface area contributed by atoms with Gasteiger partial charge in [0.15, 0.2) is 0 Å². The third-order valence-electron chi connectivity index (χ3n) is 15.4. The summed E-state index contributed by atoms with van der Waals surface area (Å²) >= 11 is 0. The van der Waals surface area contributed by atoms with Crippen LogP contribution in [0.15, 0.2) is 52.9 Å². The Labute approximate surface area is 351 Å². The minimum atomic E-state index is 1.02. The summed E-state index contributed by atoms with van der Waals surface area (Å²) in [6, 6.07) is 18.4. The van der Waals surface area contributed by atoms with Gasteiger partial charge in [-0.3, -0.25) is 0 Å². The van der Waals surface area contributed by atoms with Crippen LogP contribution in [0.25, 0.3) is 87.3 Å². The Morgan fingerprint density at radius 3 is 1.00 bits per heavy atom. The van der Waals surface area contributed by atoms with Crippen LogP contribution in [-0.2, 0) is 0 Å². The van der Waals surface area contributed by atoms with Gasteiger partial charge >= 0.3 is 0 Å². The molecule has 0 aliphatic rings. The number of fused-ring (bicyclic) bond motifs is 8. The van der Waals surface area contributed by atoms with Crippen molar-refractivity contribution in [3.05, 3.63) is 48.5 Å². The summed E-state index contributed by atoms with van der Waals surface area (Å²) in [5, 5.41) is 13.4. The molecular formula is C40H40B16O. The van der Waals surface area contributed by atoms with E-state index in [-0.39, 0.29) is 0 Å². The molecule has 1 nitrogen and oxygen atoms in total. The normalized spacial score (nSPS) is 11.9. The van der Waals surface area contributed by atoms with Gasteiger partial charge in [0, 0.05) is 10.8 Å². The predicted molar refractivity (Wildman–Crippen MR) is 305 cm³/mol. The highest BCUT2D eigenvalue weighted by Crippen LogP contribution is 2.44. The third kappa shape index (κ3) is 4.87. The molecule has 0 amide bonds. The molecular weight excluding hydrogens is 669 g/mol. The molecule has 0 atom stereocenters. The summed E-state index contributed by atoms with van der Waals surface area (Å²) in [6.45, 7) is 0. The van der Waals surface area contributed by atoms with Crippen LogP contribution in [0.3, 0.4) is 0 Å². The van der Waals surface area contributed by atoms with Crippen LogP contribution in [0.4, 0.5) is 0 Å². The van der Waals surface area contributed by atoms with Crippen molar-refractivity contribution in [3.63, 3.8) is 0 Å². The third-order valence-corrected chi connectivity index (χ3v) is 15.4. The number of rotatable bonds is 2. The Morgan fingerprint density at radius 1 is 0.228 bits per heavy atom. The van der Waals surface area contributed by atoms with Crippen molar-refractivity contribution in [2.45, 2.75) is 0 Å². The smallest absolute Gasteiger partial charge is 0.145 e. The second kappa shape index (κ2) is 13.1. The van der Waals surface area contributed by atoms with Crippen molar-refractivity contribution < 1.29 is 4.42 Å². The van der Waals surface area contributed by atoms with Crippen molar-refractivity contribution in [1.82, 2.24) is 0 Å². The van der Waals surface area contributed by atoms with Gasteiger partial charge in [0.1, 0.15) is 137 Å². The maximum absolute atomic E-state index is 7.03. The average Bonchev–Trinajstić information content (AvgIpc) is 3.62. The second-order valence-corrected chi connectivity index (χ2v) is 17.6. The molecule has 1 heterocycles. The first-order chi connectivity index (χ1) is 27.0. The van der Waals surface area contributed by atoms with Gasteiger partial charge in [0.05, 0.1) is 0 Å². The highest BCUT2D eigenvalue weighted by atomic mass is 16.3. The molecule has 0 saturated heterocycles. The molecule has 0 aliphatic carbocycles. The summed E-state index contributed by atoms with van der Waals surface area (Å²) < 4.78 is 7.03. The highest BCUT2D eigenvalue weighted by molar-refractivity contribution is 6.74. The molecule has 0 radical (unpaired) electrons. The van der Waals surface area contributed by atoms with Gasteiger partial charge in [0.2, 0.25) is 0 Å². The maximum atomic E-state index is 7.03. The highest BCUT2D eigenvalue weighted by Gasteiger charge is 2.28. The zero-order chi connectivity index (χ0) is 40.8. The van der Waals surface area contributed by atoms with E-state index in [2.05, 4.69) is 174 Å². The molecule has 1 aromatic heterocycles. The van der Waals surface area contributed by atoms with E-state index in [1.807, 2.05) is 0 Å². The van der Waals surface area contributed by atoms with Gasteiger partial charge in [-0.1, -0.05) is 103 Å². The molecule has 57 heavy (non-hydrogen) atoms. The molecule has 8 aromatic carbocycles. The fourth-order valence-electron chi connectivity index (χ4n) is 11.1. The minimum Gasteiger partial charge on any atom is -0.457 e. The van der Waals surface area contributed by atoms with Crippen LogP contribution < -0.4 is 87.4 Å². The van der Waals surface area contributed by atoms with E-state index in [4.69, 9.17) is 4.42 Å². The van der Waals surface area contributed by atoms with Crippen molar-refractivity contribution in [3.8, 4) is 22.3 Å². The molecule has 0 bridgehead atoms. The van der Waals surface area contributed by atoms with E-state index >= 15 is 0 Å². The Morgan fingerprint density at radius 2 is 0.544 bits per heavy atom. The van der Waals surface area contributed by atoms with Crippen molar-refractivity contribution >= 4 is 278 Å². The number of hydrogen-bond donors (Lipinski definition) is 0. The van der Waals surface area contributed by atoms with Gasteiger partial charge in [-0.15, -0.1) is 27.3 Å². The standard InChI is InChI=1S/C40H40B16O/c41-23-15(16-17(25(43)33(51)32(50)24(16)42)18-20(23)28(46)35(53)34(52)26(18)44)13-9-5-1-3-7-11(9)14(12-8-4-2-6-10(12)13)19-27(45)29(47)21-22-30(48)36(54)37(55)38(56)40(22)57-39(21)31(19)49/h1-8H,41-56H2. The Bertz CT molecular complexity index is 3310. The first kappa shape index (κ1) is 38.2. The van der Waals surface area contributed by atoms with Crippen LogP contribution in [0.1, 0.15) is 0 Å². The van der Waals surface area contributed by atoms with Crippen molar-refractivity contribution in [2.75, 3.05) is 0 Å². The SMILES string of the molecule is Bc1c(B)c(B)c2c(oc3c(B)c(-c4c5ccccc5c(-c5c(B)c6c(B)c(B)c(B)c(B)c6c6c(B)c(B)c(B)c(B)c56)c5ccccc45)c(B)c(B)c32)c1B. The van der Waals surface area contributed by atoms with E-state index in [0.29, 0.717) is 0 Å². The quantitative estimate of drug-likeness (QED) is 0.0989. The number of furan rings is 1. The topological polar surface area (TPSA) is 13.1 Å². The summed E-state index contributed by atoms with van der Waals surface area (Å²) in [4.78, 5) is 0. The zero-order valence-electron chi connectivity index (χ0n) is 37.0. The molecule has 9 aromatic rings. The van der Waals surface area contributed by atoms with Gasteiger partial charge in [0.25, 0.3) is 0 Å². The number of benzene rings is 8. The monoisotopic (exact) mass is 712 g/mol. The summed E-state index contributed by atoms with van der Waals surface area (Å²) in [5.41, 5.74) is 29.0. The Kier molecular flexibility index (Phi) is 8.76. The first-order valence-electron chi connectivity index (χ1n) is 20.8. The predicted octanol–water partition coefficient (Wildman–Crippen LogP) is -16.3. The fourth-order valence-corrected chi connectivity index (χ4v) is 11.1. The van der Waals surface area contributed by atoms with E-state index in [1.54, 1.807) is 0 Å². The van der Waals surface area contributed by atoms with Gasteiger partial charge in [-0.2, -0.15) is 0 Å². The van der Waals surface area contributed by atoms with Crippen molar-refractivity contribution in [1.29, 1.82) is 0 Å². The lowest BCUT2D eigenvalue weighted by atomic mass is 9.58. The summed E-state index contributed by atoms with van der Waals surface area (Å²) in [5.74, 6) is 0. The number of hydrogen-bond acceptors (Lipinski definition) is 1. The molecule has 9 rings (SSSR count). The summed E-state index contributed by atoms with van der Waals surface area (Å²) in [6.07, 6.45) is 0. The van der Waals surface area contributed by atoms with E-state index in [0.717, 1.165) is 11.2 Å². The van der Waals surface area contributed by atoms with Gasteiger partial charge in [-0.25, -0.2) is 0 Å². The Balaban J connectivity index is 1.52. The van der Waals surface area contributed by atoms with Crippen LogP contribution in [0, 0.1) is 0 Å². The maximum Gasteiger partial charge on any atom is 0.145 e. The summed E-state index contributed by atoms with van der Waals surface area (Å²) in [7, 11) is 37.0. The van der Waals surface area contributed by atoms with Crippen LogP contribution in [0.5, 0.6) is 0 Å². The van der Waals surface area contributed by atoms with E-state index < -0.39 is 0 Å². The lowest BCUT2D eigenvalue weighted by Crippen LogP contribution is -2.51. The molecule has 0 N–H and O–H groups in total. The van der Waals surface area contributed by atoms with E-state index in [1.165, 1.54) is 164 Å². The molecule has 0 spiro atoms. The van der Waals surface area contributed by atoms with Crippen molar-refractivity contribution in [2.24, 2.45) is 0 Å².